The first-order valence-corrected chi connectivity index (χ1v) is 51.2. The first-order valence-electron chi connectivity index (χ1n) is 48.5. The van der Waals surface area contributed by atoms with Crippen LogP contribution in [0.5, 0.6) is 5.75 Å². The highest BCUT2D eigenvalue weighted by atomic mass is 35.5. The molecule has 10 heteroatoms. The van der Waals surface area contributed by atoms with Gasteiger partial charge in [-0.2, -0.15) is 0 Å². The summed E-state index contributed by atoms with van der Waals surface area (Å²) in [5.74, 6) is 0.757. The average molecular weight is 1830 g/mol. The zero-order valence-corrected chi connectivity index (χ0v) is 90.6. The van der Waals surface area contributed by atoms with E-state index in [4.69, 9.17) is 27.9 Å². The van der Waals surface area contributed by atoms with Crippen LogP contribution in [-0.2, 0) is 66.6 Å². The fraction of sp³-hybridized carbons (Fsp3) is 0.563. The minimum Gasteiger partial charge on any atom is -0.494 e. The molecule has 3 aliphatic rings. The molecule has 1 saturated carbocycles. The lowest BCUT2D eigenvalue weighted by molar-refractivity contribution is 0.139. The van der Waals surface area contributed by atoms with E-state index in [1.54, 1.807) is 29.3 Å². The molecule has 2 fully saturated rings. The highest BCUT2D eigenvalue weighted by Crippen LogP contribution is 2.44. The van der Waals surface area contributed by atoms with Gasteiger partial charge in [-0.3, -0.25) is 4.90 Å². The summed E-state index contributed by atoms with van der Waals surface area (Å²) >= 11 is 12.1. The van der Waals surface area contributed by atoms with Gasteiger partial charge in [-0.05, 0) is 253 Å². The minimum atomic E-state index is -3.47. The number of aryl methyl sites for hydroxylation is 2. The molecular formula is C119H182Cl2F2N2O3S. The van der Waals surface area contributed by atoms with Crippen molar-refractivity contribution in [2.24, 2.45) is 43.3 Å². The first-order chi connectivity index (χ1) is 59.6. The summed E-state index contributed by atoms with van der Waals surface area (Å²) in [6.07, 6.45) is 19.4. The van der Waals surface area contributed by atoms with Gasteiger partial charge in [0.1, 0.15) is 10.7 Å². The maximum absolute atomic E-state index is 13.5. The minimum absolute atomic E-state index is 0.0546. The third-order valence-corrected chi connectivity index (χ3v) is 23.7. The second kappa shape index (κ2) is 55.3. The number of sulfone groups is 1. The number of nitrogens with one attached hydrogen (secondary N) is 1. The monoisotopic (exact) mass is 1830 g/mol. The molecule has 12 rings (SSSR count). The molecule has 0 aromatic heterocycles. The van der Waals surface area contributed by atoms with Crippen molar-refractivity contribution in [3.05, 3.63) is 283 Å². The molecule has 129 heavy (non-hydrogen) atoms. The molecule has 0 amide bonds. The van der Waals surface area contributed by atoms with Gasteiger partial charge in [0.15, 0.2) is 21.4 Å². The second-order valence-electron chi connectivity index (χ2n) is 46.4. The van der Waals surface area contributed by atoms with Crippen LogP contribution in [0.25, 0.3) is 10.8 Å². The van der Waals surface area contributed by atoms with Crippen LogP contribution in [0.3, 0.4) is 0 Å². The third kappa shape index (κ3) is 50.9. The van der Waals surface area contributed by atoms with E-state index in [1.165, 1.54) is 147 Å². The van der Waals surface area contributed by atoms with Gasteiger partial charge in [0.2, 0.25) is 0 Å². The molecule has 9 aromatic carbocycles. The Hall–Kier alpha value is -6.65. The fourth-order valence-electron chi connectivity index (χ4n) is 16.1. The number of hydrogen-bond donors (Lipinski definition) is 1. The molecular weight excluding hydrogens is 1650 g/mol. The molecule has 0 radical (unpaired) electrons. The van der Waals surface area contributed by atoms with Crippen LogP contribution < -0.4 is 10.1 Å². The van der Waals surface area contributed by atoms with Gasteiger partial charge in [-0.15, -0.1) is 0 Å². The van der Waals surface area contributed by atoms with E-state index in [2.05, 4.69) is 357 Å². The summed E-state index contributed by atoms with van der Waals surface area (Å²) in [6.45, 7) is 79.9. The number of methoxy groups -OCH3 is 1. The quantitative estimate of drug-likeness (QED) is 0.140. The number of hydrogen-bond acceptors (Lipinski definition) is 5. The van der Waals surface area contributed by atoms with Crippen LogP contribution in [0, 0.1) is 61.9 Å². The van der Waals surface area contributed by atoms with Crippen molar-refractivity contribution in [3.8, 4) is 5.75 Å². The van der Waals surface area contributed by atoms with Crippen molar-refractivity contribution in [1.29, 1.82) is 0 Å². The van der Waals surface area contributed by atoms with Crippen LogP contribution in [0.2, 0.25) is 10.0 Å². The van der Waals surface area contributed by atoms with Gasteiger partial charge in [0.05, 0.1) is 7.11 Å². The normalized spacial score (nSPS) is 14.5. The third-order valence-electron chi connectivity index (χ3n) is 21.9. The molecule has 1 N–H and O–H groups in total. The van der Waals surface area contributed by atoms with Gasteiger partial charge in [-0.1, -0.05) is 434 Å². The largest absolute Gasteiger partial charge is 0.494 e. The number of halogens is 4. The summed E-state index contributed by atoms with van der Waals surface area (Å²) in [7, 11) is -1.99. The van der Waals surface area contributed by atoms with Gasteiger partial charge in [-0.25, -0.2) is 17.2 Å². The lowest BCUT2D eigenvalue weighted by atomic mass is 9.69. The number of fused-ring (bicyclic) bond motifs is 2. The van der Waals surface area contributed by atoms with Gasteiger partial charge >= 0.3 is 0 Å². The van der Waals surface area contributed by atoms with E-state index in [9.17, 15) is 17.2 Å². The van der Waals surface area contributed by atoms with Crippen molar-refractivity contribution in [2.45, 2.75) is 360 Å². The molecule has 1 heterocycles. The number of piperazine rings is 1. The number of benzene rings is 9. The smallest absolute Gasteiger partial charge is 0.178 e. The Morgan fingerprint density at radius 2 is 0.845 bits per heavy atom. The molecule has 720 valence electrons. The molecule has 5 nitrogen and oxygen atoms in total. The summed E-state index contributed by atoms with van der Waals surface area (Å²) in [5, 5.41) is 7.69. The van der Waals surface area contributed by atoms with E-state index in [0.29, 0.717) is 45.2 Å². The Morgan fingerprint density at radius 3 is 1.27 bits per heavy atom. The zero-order chi connectivity index (χ0) is 98.3. The number of nitrogens with zero attached hydrogens (tertiary/aromatic N) is 1. The summed E-state index contributed by atoms with van der Waals surface area (Å²) < 4.78 is 54.1. The van der Waals surface area contributed by atoms with E-state index >= 15 is 0 Å². The zero-order valence-electron chi connectivity index (χ0n) is 88.2. The first kappa shape index (κ1) is 118. The standard InChI is InChI=1S/C15H18.C15H24.C14H20.C14H22.C12H17FO2S.C12H17FO.C12H18.C11H14Cl2.C10H20N2.2C2H6/c1-15(2,3)11-13-9-6-8-12-7-4-5-10-14(12)13;1-14(2,3)11-12-7-9-13(10-8-12)15(4,5)6;1-14(2,3)13-10-6-8-11-7-4-5-9-12(11)13;1-11(2)13-8-6-12(7-9-13)10-14(3,4)5;1-12(2,3)8-9-5-6-11(10(13)7-9)16(4,14)15;1-12(2,3)8-9-5-6-11(14-4)10(13)7-9;1-10-5-7-11(8-6-10)9-12(2,3)4;1-11(2,3)7-8-9(12)5-4-6-10(8)13;1-2-4-10(5-3-1)12-8-6-11-7-9-12;2*1-2/h4-10H,11H2,1-3H3;7-10H,11H2,1-6H3;4-5,7,9,13H,6,8,10H2,1-3H3;6-9,11H,10H2,1-5H3;5-7H,8H2,1-4H3;5-7H,8H2,1-4H3;5-8H,9H2,1-4H3;4-6H,7H2,1-3H3;10-11H,1-9H2;2*1-2H3. The molecule has 0 spiro atoms. The van der Waals surface area contributed by atoms with Crippen LogP contribution in [0.15, 0.2) is 199 Å². The molecule has 0 bridgehead atoms. The Balaban J connectivity index is 0.000000489. The summed E-state index contributed by atoms with van der Waals surface area (Å²) in [6, 6.07) is 67.1. The highest BCUT2D eigenvalue weighted by molar-refractivity contribution is 7.90. The Morgan fingerprint density at radius 1 is 0.442 bits per heavy atom. The molecule has 1 atom stereocenters. The maximum atomic E-state index is 13.5. The van der Waals surface area contributed by atoms with E-state index < -0.39 is 15.7 Å². The fourth-order valence-corrected chi connectivity index (χ4v) is 17.3. The van der Waals surface area contributed by atoms with Crippen molar-refractivity contribution in [3.63, 3.8) is 0 Å². The van der Waals surface area contributed by atoms with E-state index in [1.807, 2.05) is 52.0 Å². The van der Waals surface area contributed by atoms with Crippen LogP contribution >= 0.6 is 23.2 Å². The highest BCUT2D eigenvalue weighted by Gasteiger charge is 2.31. The number of ether oxygens (including phenoxy) is 1. The van der Waals surface area contributed by atoms with Crippen LogP contribution in [-0.4, -0.2) is 58.9 Å². The van der Waals surface area contributed by atoms with Gasteiger partial charge in [0.25, 0.3) is 0 Å². The average Bonchev–Trinajstić information content (AvgIpc) is 0.797. The van der Waals surface area contributed by atoms with Crippen molar-refractivity contribution >= 4 is 43.8 Å². The number of rotatable bonds is 11. The molecule has 1 aliphatic heterocycles. The van der Waals surface area contributed by atoms with Crippen LogP contribution in [0.1, 0.15) is 352 Å². The summed E-state index contributed by atoms with van der Waals surface area (Å²) in [4.78, 5) is 2.46. The SMILES string of the molecule is C1CCC(N2CCNCC2)CC1.CC.CC.CC(C)(C)C1CCCc2ccccc21.CC(C)(C)Cc1c(Cl)cccc1Cl.CC(C)(C)Cc1ccc(C(C)(C)C)cc1.CC(C)(C)Cc1ccc(S(C)(=O)=O)c(F)c1.CC(C)(C)Cc1cccc2ccccc12.CC(C)c1ccc(CC(C)(C)C)cc1.COc1ccc(CC(C)(C)C)cc1F.Cc1ccc(CC(C)(C)C)cc1. The van der Waals surface area contributed by atoms with Crippen LogP contribution in [0.4, 0.5) is 8.78 Å². The van der Waals surface area contributed by atoms with Crippen molar-refractivity contribution < 1.29 is 21.9 Å². The Labute approximate surface area is 801 Å². The van der Waals surface area contributed by atoms with Gasteiger partial charge in [0, 0.05) is 48.5 Å². The second-order valence-corrected chi connectivity index (χ2v) is 49.2. The Bertz CT molecular complexity index is 4680. The van der Waals surface area contributed by atoms with E-state index in [0.717, 1.165) is 83.5 Å². The molecule has 9 aromatic rings. The predicted molar refractivity (Wildman–Crippen MR) is 567 cm³/mol. The molecule has 1 saturated heterocycles. The molecule has 2 aliphatic carbocycles. The molecule has 1 unspecified atom stereocenters. The van der Waals surface area contributed by atoms with Crippen molar-refractivity contribution in [1.82, 2.24) is 10.2 Å². The summed E-state index contributed by atoms with van der Waals surface area (Å²) in [5.41, 5.74) is 18.7. The van der Waals surface area contributed by atoms with E-state index in [-0.39, 0.29) is 32.4 Å². The Kier molecular flexibility index (Phi) is 50.7. The lowest BCUT2D eigenvalue weighted by Crippen LogP contribution is -2.48. The van der Waals surface area contributed by atoms with Gasteiger partial charge < -0.3 is 10.1 Å². The lowest BCUT2D eigenvalue weighted by Gasteiger charge is -2.36. The predicted octanol–water partition coefficient (Wildman–Crippen LogP) is 35.2. The van der Waals surface area contributed by atoms with Crippen molar-refractivity contribution in [2.75, 3.05) is 39.5 Å². The maximum Gasteiger partial charge on any atom is 0.178 e. The topological polar surface area (TPSA) is 58.6 Å².